The number of nitrogens with zero attached hydrogens (tertiary/aromatic N) is 1. The van der Waals surface area contributed by atoms with Crippen LogP contribution in [0.15, 0.2) is 23.2 Å². The van der Waals surface area contributed by atoms with Crippen LogP contribution in [-0.2, 0) is 11.3 Å². The van der Waals surface area contributed by atoms with Gasteiger partial charge in [-0.1, -0.05) is 19.1 Å². The first-order chi connectivity index (χ1) is 12.0. The summed E-state index contributed by atoms with van der Waals surface area (Å²) in [6, 6.07) is 5.06. The van der Waals surface area contributed by atoms with E-state index >= 15 is 0 Å². The fourth-order valence-corrected chi connectivity index (χ4v) is 2.44. The normalized spacial score (nSPS) is 15.7. The van der Waals surface area contributed by atoms with Crippen LogP contribution in [0.2, 0.25) is 0 Å². The highest BCUT2D eigenvalue weighted by Crippen LogP contribution is 2.32. The molecule has 1 aromatic rings. The van der Waals surface area contributed by atoms with E-state index in [-0.39, 0.29) is 41.7 Å². The van der Waals surface area contributed by atoms with Crippen molar-refractivity contribution in [1.82, 2.24) is 10.6 Å². The van der Waals surface area contributed by atoms with Crippen LogP contribution in [0, 0.1) is 5.41 Å². The van der Waals surface area contributed by atoms with Gasteiger partial charge in [0.2, 0.25) is 0 Å². The van der Waals surface area contributed by atoms with Gasteiger partial charge in [0.1, 0.15) is 0 Å². The molecule has 148 valence electrons. The van der Waals surface area contributed by atoms with Crippen LogP contribution in [0.5, 0.6) is 11.5 Å². The van der Waals surface area contributed by atoms with Gasteiger partial charge in [-0.2, -0.15) is 8.78 Å². The van der Waals surface area contributed by atoms with Gasteiger partial charge in [0.05, 0.1) is 19.8 Å². The van der Waals surface area contributed by atoms with Crippen molar-refractivity contribution in [2.75, 3.05) is 33.4 Å². The first-order valence-electron chi connectivity index (χ1n) is 8.19. The second-order valence-electron chi connectivity index (χ2n) is 6.14. The molecule has 0 bridgehead atoms. The van der Waals surface area contributed by atoms with E-state index in [2.05, 4.69) is 27.3 Å². The van der Waals surface area contributed by atoms with E-state index < -0.39 is 6.61 Å². The smallest absolute Gasteiger partial charge is 0.387 e. The third-order valence-corrected chi connectivity index (χ3v) is 3.82. The number of halogens is 3. The highest BCUT2D eigenvalue weighted by molar-refractivity contribution is 14.0. The molecule has 0 aliphatic carbocycles. The molecule has 9 heteroatoms. The largest absolute Gasteiger partial charge is 0.490 e. The first kappa shape index (κ1) is 22.7. The second kappa shape index (κ2) is 10.7. The summed E-state index contributed by atoms with van der Waals surface area (Å²) in [6.07, 6.45) is 0. The minimum absolute atomic E-state index is 0. The summed E-state index contributed by atoms with van der Waals surface area (Å²) in [5.41, 5.74) is 0.656. The Morgan fingerprint density at radius 2 is 2.08 bits per heavy atom. The van der Waals surface area contributed by atoms with Crippen molar-refractivity contribution in [3.05, 3.63) is 23.8 Å². The Hall–Kier alpha value is -1.36. The van der Waals surface area contributed by atoms with Gasteiger partial charge in [-0.15, -0.1) is 24.0 Å². The number of guanidine groups is 1. The molecular formula is C17H26F2IN3O3. The molecule has 6 nitrogen and oxygen atoms in total. The molecule has 0 atom stereocenters. The molecule has 0 saturated carbocycles. The predicted molar refractivity (Wildman–Crippen MR) is 107 cm³/mol. The van der Waals surface area contributed by atoms with Crippen LogP contribution in [0.1, 0.15) is 19.4 Å². The molecule has 1 aliphatic heterocycles. The van der Waals surface area contributed by atoms with Gasteiger partial charge in [0, 0.05) is 31.1 Å². The molecular weight excluding hydrogens is 459 g/mol. The van der Waals surface area contributed by atoms with E-state index in [4.69, 9.17) is 9.47 Å². The maximum absolute atomic E-state index is 12.7. The van der Waals surface area contributed by atoms with E-state index in [0.717, 1.165) is 0 Å². The van der Waals surface area contributed by atoms with Gasteiger partial charge >= 0.3 is 6.61 Å². The summed E-state index contributed by atoms with van der Waals surface area (Å²) in [7, 11) is 1.65. The molecule has 2 N–H and O–H groups in total. The highest BCUT2D eigenvalue weighted by atomic mass is 127. The maximum Gasteiger partial charge on any atom is 0.387 e. The second-order valence-corrected chi connectivity index (χ2v) is 6.14. The summed E-state index contributed by atoms with van der Waals surface area (Å²) < 4.78 is 40.7. The van der Waals surface area contributed by atoms with E-state index in [1.165, 1.54) is 0 Å². The van der Waals surface area contributed by atoms with Crippen molar-refractivity contribution in [2.45, 2.75) is 27.0 Å². The first-order valence-corrected chi connectivity index (χ1v) is 8.19. The minimum atomic E-state index is -2.92. The van der Waals surface area contributed by atoms with E-state index in [9.17, 15) is 8.78 Å². The van der Waals surface area contributed by atoms with Crippen LogP contribution < -0.4 is 20.1 Å². The topological polar surface area (TPSA) is 64.1 Å². The Morgan fingerprint density at radius 3 is 2.62 bits per heavy atom. The molecule has 1 fully saturated rings. The standard InChI is InChI=1S/C17H25F2N3O3.HI/c1-4-24-13-7-5-6-12(14(13)25-15(18)19)8-21-16(20-3)22-9-17(2)10-23-11-17;/h5-7,15H,4,8-11H2,1-3H3,(H2,20,21,22);1H. The maximum atomic E-state index is 12.7. The van der Waals surface area contributed by atoms with E-state index in [0.29, 0.717) is 43.6 Å². The van der Waals surface area contributed by atoms with Gasteiger partial charge < -0.3 is 24.8 Å². The number of hydrogen-bond acceptors (Lipinski definition) is 4. The summed E-state index contributed by atoms with van der Waals surface area (Å²) in [5, 5.41) is 6.33. The van der Waals surface area contributed by atoms with Crippen molar-refractivity contribution in [1.29, 1.82) is 0 Å². The van der Waals surface area contributed by atoms with Crippen molar-refractivity contribution >= 4 is 29.9 Å². The van der Waals surface area contributed by atoms with Gasteiger partial charge in [0.15, 0.2) is 17.5 Å². The summed E-state index contributed by atoms with van der Waals surface area (Å²) >= 11 is 0. The zero-order valence-corrected chi connectivity index (χ0v) is 17.5. The Bertz CT molecular complexity index is 599. The Morgan fingerprint density at radius 1 is 1.35 bits per heavy atom. The quantitative estimate of drug-likeness (QED) is 0.337. The number of aliphatic imine (C=N–C) groups is 1. The SMILES string of the molecule is CCOc1cccc(CNC(=NC)NCC2(C)COC2)c1OC(F)F.I. The van der Waals surface area contributed by atoms with Crippen molar-refractivity contribution < 1.29 is 23.0 Å². The third-order valence-electron chi connectivity index (χ3n) is 3.82. The fourth-order valence-electron chi connectivity index (χ4n) is 2.44. The van der Waals surface area contributed by atoms with Gasteiger partial charge in [0.25, 0.3) is 0 Å². The molecule has 1 aromatic carbocycles. The number of rotatable bonds is 8. The van der Waals surface area contributed by atoms with Crippen molar-refractivity contribution in [2.24, 2.45) is 10.4 Å². The number of hydrogen-bond donors (Lipinski definition) is 2. The zero-order valence-electron chi connectivity index (χ0n) is 15.2. The van der Waals surface area contributed by atoms with Crippen LogP contribution in [0.25, 0.3) is 0 Å². The number of ether oxygens (including phenoxy) is 3. The highest BCUT2D eigenvalue weighted by Gasteiger charge is 2.33. The lowest BCUT2D eigenvalue weighted by Crippen LogP contribution is -2.50. The van der Waals surface area contributed by atoms with Crippen molar-refractivity contribution in [3.63, 3.8) is 0 Å². The molecule has 1 heterocycles. The average molecular weight is 485 g/mol. The van der Waals surface area contributed by atoms with Gasteiger partial charge in [-0.25, -0.2) is 0 Å². The van der Waals surface area contributed by atoms with Crippen LogP contribution in [0.4, 0.5) is 8.78 Å². The molecule has 0 radical (unpaired) electrons. The zero-order chi connectivity index (χ0) is 18.3. The Balaban J connectivity index is 0.00000338. The van der Waals surface area contributed by atoms with Crippen LogP contribution in [0.3, 0.4) is 0 Å². The van der Waals surface area contributed by atoms with Gasteiger partial charge in [-0.3, -0.25) is 4.99 Å². The molecule has 0 unspecified atom stereocenters. The summed E-state index contributed by atoms with van der Waals surface area (Å²) in [6.45, 7) is 3.75. The lowest BCUT2D eigenvalue weighted by molar-refractivity contribution is -0.0971. The number of para-hydroxylation sites is 1. The Labute approximate surface area is 169 Å². The fraction of sp³-hybridized carbons (Fsp3) is 0.588. The van der Waals surface area contributed by atoms with Crippen LogP contribution >= 0.6 is 24.0 Å². The third kappa shape index (κ3) is 6.42. The number of alkyl halides is 2. The summed E-state index contributed by atoms with van der Waals surface area (Å²) in [4.78, 5) is 4.15. The lowest BCUT2D eigenvalue weighted by Gasteiger charge is -2.38. The molecule has 1 saturated heterocycles. The van der Waals surface area contributed by atoms with E-state index in [1.807, 2.05) is 0 Å². The van der Waals surface area contributed by atoms with Gasteiger partial charge in [-0.05, 0) is 13.0 Å². The lowest BCUT2D eigenvalue weighted by atomic mass is 9.89. The monoisotopic (exact) mass is 485 g/mol. The molecule has 1 aliphatic rings. The molecule has 26 heavy (non-hydrogen) atoms. The van der Waals surface area contributed by atoms with E-state index in [1.54, 1.807) is 32.2 Å². The minimum Gasteiger partial charge on any atom is -0.490 e. The van der Waals surface area contributed by atoms with Crippen molar-refractivity contribution in [3.8, 4) is 11.5 Å². The predicted octanol–water partition coefficient (Wildman–Crippen LogP) is 3.01. The molecule has 2 rings (SSSR count). The average Bonchev–Trinajstić information content (AvgIpc) is 2.55. The summed E-state index contributed by atoms with van der Waals surface area (Å²) in [5.74, 6) is 0.920. The number of nitrogens with one attached hydrogen (secondary N) is 2. The molecule has 0 amide bonds. The molecule has 0 spiro atoms. The van der Waals surface area contributed by atoms with Crippen LogP contribution in [-0.4, -0.2) is 46.0 Å². The number of benzene rings is 1. The molecule has 0 aromatic heterocycles. The Kier molecular flexibility index (Phi) is 9.34.